The standard InChI is InChI=1S/C16H20FN3O5/c1-8(2)12(15(23)25-9(3)13(21)20-16(18)24)19-14(22)10-6-4-5-7-11(10)17/h4-9,12H,1-3H3,(H,19,22)(H3,18,20,21,24)/t9-,12+/m1/s1. The van der Waals surface area contributed by atoms with Crippen molar-refractivity contribution in [2.24, 2.45) is 11.7 Å². The molecule has 0 saturated heterocycles. The van der Waals surface area contributed by atoms with Crippen LogP contribution in [-0.2, 0) is 14.3 Å². The zero-order valence-electron chi connectivity index (χ0n) is 14.0. The molecule has 2 atom stereocenters. The molecule has 1 aromatic carbocycles. The van der Waals surface area contributed by atoms with E-state index >= 15 is 0 Å². The molecule has 8 nitrogen and oxygen atoms in total. The molecule has 0 aliphatic heterocycles. The lowest BCUT2D eigenvalue weighted by atomic mass is 10.0. The number of carbonyl (C=O) groups excluding carboxylic acids is 4. The van der Waals surface area contributed by atoms with Crippen LogP contribution >= 0.6 is 0 Å². The summed E-state index contributed by atoms with van der Waals surface area (Å²) < 4.78 is 18.6. The van der Waals surface area contributed by atoms with Crippen LogP contribution in [0.1, 0.15) is 31.1 Å². The van der Waals surface area contributed by atoms with Crippen LogP contribution in [0.5, 0.6) is 0 Å². The summed E-state index contributed by atoms with van der Waals surface area (Å²) in [5, 5.41) is 4.16. The first kappa shape index (κ1) is 20.1. The lowest BCUT2D eigenvalue weighted by Crippen LogP contribution is -2.48. The summed E-state index contributed by atoms with van der Waals surface area (Å²) in [6.45, 7) is 4.52. The highest BCUT2D eigenvalue weighted by Crippen LogP contribution is 2.10. The molecule has 0 radical (unpaired) electrons. The van der Waals surface area contributed by atoms with Gasteiger partial charge in [0.05, 0.1) is 5.56 Å². The third-order valence-corrected chi connectivity index (χ3v) is 3.23. The smallest absolute Gasteiger partial charge is 0.329 e. The highest BCUT2D eigenvalue weighted by molar-refractivity contribution is 5.98. The molecule has 9 heteroatoms. The van der Waals surface area contributed by atoms with E-state index < -0.39 is 47.7 Å². The molecule has 0 saturated carbocycles. The number of rotatable bonds is 6. The van der Waals surface area contributed by atoms with Gasteiger partial charge in [-0.05, 0) is 25.0 Å². The number of nitrogens with two attached hydrogens (primary N) is 1. The maximum absolute atomic E-state index is 13.7. The number of amides is 4. The second-order valence-corrected chi connectivity index (χ2v) is 5.61. The SMILES string of the molecule is CC(C)[C@H](NC(=O)c1ccccc1F)C(=O)O[C@H](C)C(=O)NC(N)=O. The predicted molar refractivity (Wildman–Crippen MR) is 85.8 cm³/mol. The van der Waals surface area contributed by atoms with Crippen molar-refractivity contribution in [1.82, 2.24) is 10.6 Å². The summed E-state index contributed by atoms with van der Waals surface area (Å²) in [7, 11) is 0. The number of hydrogen-bond donors (Lipinski definition) is 3. The van der Waals surface area contributed by atoms with E-state index in [-0.39, 0.29) is 5.56 Å². The Kier molecular flexibility index (Phi) is 7.04. The first-order valence-electron chi connectivity index (χ1n) is 7.49. The van der Waals surface area contributed by atoms with E-state index in [9.17, 15) is 23.6 Å². The highest BCUT2D eigenvalue weighted by atomic mass is 19.1. The molecule has 0 fully saturated rings. The zero-order valence-corrected chi connectivity index (χ0v) is 14.0. The molecule has 0 aliphatic carbocycles. The van der Waals surface area contributed by atoms with Crippen LogP contribution in [0.2, 0.25) is 0 Å². The number of benzene rings is 1. The van der Waals surface area contributed by atoms with E-state index in [1.165, 1.54) is 25.1 Å². The van der Waals surface area contributed by atoms with Gasteiger partial charge in [-0.2, -0.15) is 0 Å². The highest BCUT2D eigenvalue weighted by Gasteiger charge is 2.30. The summed E-state index contributed by atoms with van der Waals surface area (Å²) in [5.74, 6) is -3.71. The van der Waals surface area contributed by atoms with Crippen LogP contribution < -0.4 is 16.4 Å². The minimum atomic E-state index is -1.30. The van der Waals surface area contributed by atoms with Gasteiger partial charge >= 0.3 is 12.0 Å². The molecular weight excluding hydrogens is 333 g/mol. The van der Waals surface area contributed by atoms with Gasteiger partial charge in [-0.1, -0.05) is 26.0 Å². The summed E-state index contributed by atoms with van der Waals surface area (Å²) >= 11 is 0. The van der Waals surface area contributed by atoms with Crippen molar-refractivity contribution >= 4 is 23.8 Å². The normalized spacial score (nSPS) is 12.8. The molecule has 4 amide bonds. The number of ether oxygens (including phenoxy) is 1. The Morgan fingerprint density at radius 2 is 1.72 bits per heavy atom. The maximum atomic E-state index is 13.7. The Labute approximate surface area is 143 Å². The Morgan fingerprint density at radius 3 is 2.24 bits per heavy atom. The second kappa shape index (κ2) is 8.76. The van der Waals surface area contributed by atoms with Crippen LogP contribution in [0.15, 0.2) is 24.3 Å². The van der Waals surface area contributed by atoms with Crippen molar-refractivity contribution in [1.29, 1.82) is 0 Å². The van der Waals surface area contributed by atoms with Crippen molar-refractivity contribution in [3.8, 4) is 0 Å². The first-order chi connectivity index (χ1) is 11.6. The van der Waals surface area contributed by atoms with E-state index in [2.05, 4.69) is 5.32 Å². The number of nitrogens with one attached hydrogen (secondary N) is 2. The molecule has 25 heavy (non-hydrogen) atoms. The molecule has 136 valence electrons. The fourth-order valence-corrected chi connectivity index (χ4v) is 1.89. The Bertz CT molecular complexity index is 677. The molecule has 0 heterocycles. The second-order valence-electron chi connectivity index (χ2n) is 5.61. The van der Waals surface area contributed by atoms with Gasteiger partial charge in [-0.15, -0.1) is 0 Å². The first-order valence-corrected chi connectivity index (χ1v) is 7.49. The largest absolute Gasteiger partial charge is 0.451 e. The third-order valence-electron chi connectivity index (χ3n) is 3.23. The van der Waals surface area contributed by atoms with Gasteiger partial charge < -0.3 is 15.8 Å². The average molecular weight is 353 g/mol. The number of hydrogen-bond acceptors (Lipinski definition) is 5. The lowest BCUT2D eigenvalue weighted by Gasteiger charge is -2.22. The molecule has 0 unspecified atom stereocenters. The molecule has 0 aliphatic rings. The summed E-state index contributed by atoms with van der Waals surface area (Å²) in [4.78, 5) is 46.5. The number of halogens is 1. The molecule has 0 spiro atoms. The number of urea groups is 1. The fourth-order valence-electron chi connectivity index (χ4n) is 1.89. The number of primary amides is 1. The van der Waals surface area contributed by atoms with E-state index in [0.717, 1.165) is 6.07 Å². The van der Waals surface area contributed by atoms with Gasteiger partial charge in [-0.25, -0.2) is 14.0 Å². The fraction of sp³-hybridized carbons (Fsp3) is 0.375. The number of esters is 1. The molecule has 1 aromatic rings. The zero-order chi connectivity index (χ0) is 19.1. The van der Waals surface area contributed by atoms with Crippen LogP contribution in [-0.4, -0.2) is 36.0 Å². The van der Waals surface area contributed by atoms with E-state index in [0.29, 0.717) is 0 Å². The van der Waals surface area contributed by atoms with Crippen molar-refractivity contribution < 1.29 is 28.3 Å². The third kappa shape index (κ3) is 5.87. The average Bonchev–Trinajstić information content (AvgIpc) is 2.51. The minimum absolute atomic E-state index is 0.222. The van der Waals surface area contributed by atoms with Crippen LogP contribution in [0, 0.1) is 11.7 Å². The van der Waals surface area contributed by atoms with Gasteiger partial charge in [-0.3, -0.25) is 14.9 Å². The van der Waals surface area contributed by atoms with Crippen molar-refractivity contribution in [3.05, 3.63) is 35.6 Å². The van der Waals surface area contributed by atoms with Crippen molar-refractivity contribution in [3.63, 3.8) is 0 Å². The molecule has 0 aromatic heterocycles. The van der Waals surface area contributed by atoms with Gasteiger partial charge in [0, 0.05) is 0 Å². The summed E-state index contributed by atoms with van der Waals surface area (Å²) in [5.41, 5.74) is 4.59. The van der Waals surface area contributed by atoms with E-state index in [1.54, 1.807) is 19.2 Å². The van der Waals surface area contributed by atoms with Gasteiger partial charge in [0.25, 0.3) is 11.8 Å². The molecular formula is C16H20FN3O5. The predicted octanol–water partition coefficient (Wildman–Crippen LogP) is 0.707. The Balaban J connectivity index is 2.81. The Morgan fingerprint density at radius 1 is 1.12 bits per heavy atom. The van der Waals surface area contributed by atoms with E-state index in [1.807, 2.05) is 0 Å². The number of imide groups is 1. The molecule has 0 bridgehead atoms. The summed E-state index contributed by atoms with van der Waals surface area (Å²) in [6, 6.07) is 3.11. The topological polar surface area (TPSA) is 128 Å². The number of carbonyl (C=O) groups is 4. The molecule has 4 N–H and O–H groups in total. The van der Waals surface area contributed by atoms with Crippen molar-refractivity contribution in [2.45, 2.75) is 32.9 Å². The Hall–Kier alpha value is -2.97. The van der Waals surface area contributed by atoms with E-state index in [4.69, 9.17) is 10.5 Å². The maximum Gasteiger partial charge on any atom is 0.329 e. The van der Waals surface area contributed by atoms with Gasteiger partial charge in [0.1, 0.15) is 11.9 Å². The van der Waals surface area contributed by atoms with Crippen LogP contribution in [0.25, 0.3) is 0 Å². The van der Waals surface area contributed by atoms with Crippen LogP contribution in [0.4, 0.5) is 9.18 Å². The summed E-state index contributed by atoms with van der Waals surface area (Å²) in [6.07, 6.45) is -1.30. The van der Waals surface area contributed by atoms with Crippen LogP contribution in [0.3, 0.4) is 0 Å². The quantitative estimate of drug-likeness (QED) is 0.649. The van der Waals surface area contributed by atoms with Crippen molar-refractivity contribution in [2.75, 3.05) is 0 Å². The van der Waals surface area contributed by atoms with Gasteiger partial charge in [0.2, 0.25) is 0 Å². The lowest BCUT2D eigenvalue weighted by molar-refractivity contribution is -0.157. The molecule has 1 rings (SSSR count). The minimum Gasteiger partial charge on any atom is -0.451 e. The van der Waals surface area contributed by atoms with Gasteiger partial charge in [0.15, 0.2) is 6.10 Å². The monoisotopic (exact) mass is 353 g/mol.